The summed E-state index contributed by atoms with van der Waals surface area (Å²) in [6.07, 6.45) is 3.91. The summed E-state index contributed by atoms with van der Waals surface area (Å²) in [6, 6.07) is 0. The van der Waals surface area contributed by atoms with Crippen LogP contribution in [0.3, 0.4) is 0 Å². The normalized spacial score (nSPS) is 18.9. The monoisotopic (exact) mass is 137 g/mol. The van der Waals surface area contributed by atoms with Gasteiger partial charge in [-0.1, -0.05) is 0 Å². The maximum atomic E-state index is 4.23. The number of likely N-dealkylation sites (N-methyl/N-ethyl adjacent to an activating group) is 1. The lowest BCUT2D eigenvalue weighted by atomic mass is 10.4. The molecule has 3 nitrogen and oxygen atoms in total. The Balaban J connectivity index is 2.30. The molecule has 0 amide bonds. The molecule has 1 aromatic heterocycles. The summed E-state index contributed by atoms with van der Waals surface area (Å²) in [4.78, 5) is 6.51. The first-order valence-corrected chi connectivity index (χ1v) is 3.55. The highest BCUT2D eigenvalue weighted by Gasteiger charge is 2.11. The Morgan fingerprint density at radius 2 is 2.40 bits per heavy atom. The van der Waals surface area contributed by atoms with E-state index in [-0.39, 0.29) is 0 Å². The van der Waals surface area contributed by atoms with Crippen molar-refractivity contribution in [1.29, 1.82) is 0 Å². The Kier molecular flexibility index (Phi) is 1.24. The predicted octanol–water partition coefficient (Wildman–Crippen LogP) is 0.329. The largest absolute Gasteiger partial charge is 0.333 e. The number of imidazole rings is 1. The van der Waals surface area contributed by atoms with E-state index in [0.29, 0.717) is 0 Å². The molecule has 2 rings (SSSR count). The highest BCUT2D eigenvalue weighted by molar-refractivity contribution is 4.94. The van der Waals surface area contributed by atoms with Crippen molar-refractivity contribution in [1.82, 2.24) is 14.5 Å². The van der Waals surface area contributed by atoms with Crippen molar-refractivity contribution >= 4 is 0 Å². The molecule has 2 heterocycles. The quantitative estimate of drug-likeness (QED) is 0.513. The fraction of sp³-hybridized carbons (Fsp3) is 0.571. The number of aromatic nitrogens is 2. The minimum atomic E-state index is 0.993. The molecule has 0 radical (unpaired) electrons. The van der Waals surface area contributed by atoms with Crippen LogP contribution in [0.2, 0.25) is 0 Å². The minimum Gasteiger partial charge on any atom is -0.333 e. The summed E-state index contributed by atoms with van der Waals surface area (Å²) in [5.74, 6) is 1.19. The van der Waals surface area contributed by atoms with Crippen molar-refractivity contribution in [2.75, 3.05) is 13.6 Å². The van der Waals surface area contributed by atoms with Gasteiger partial charge in [0.15, 0.2) is 0 Å². The molecule has 3 heteroatoms. The Morgan fingerprint density at radius 3 is 3.30 bits per heavy atom. The van der Waals surface area contributed by atoms with Crippen LogP contribution < -0.4 is 0 Å². The van der Waals surface area contributed by atoms with Crippen LogP contribution in [0.25, 0.3) is 0 Å². The lowest BCUT2D eigenvalue weighted by molar-refractivity contribution is 0.264. The van der Waals surface area contributed by atoms with Crippen molar-refractivity contribution < 1.29 is 0 Å². The topological polar surface area (TPSA) is 21.1 Å². The van der Waals surface area contributed by atoms with E-state index < -0.39 is 0 Å². The first-order valence-electron chi connectivity index (χ1n) is 3.55. The molecule has 0 saturated carbocycles. The van der Waals surface area contributed by atoms with Crippen LogP contribution in [-0.4, -0.2) is 28.0 Å². The lowest BCUT2D eigenvalue weighted by Gasteiger charge is -2.22. The second kappa shape index (κ2) is 2.09. The van der Waals surface area contributed by atoms with Gasteiger partial charge >= 0.3 is 0 Å². The fourth-order valence-corrected chi connectivity index (χ4v) is 1.29. The predicted molar refractivity (Wildman–Crippen MR) is 38.6 cm³/mol. The second-order valence-electron chi connectivity index (χ2n) is 2.77. The molecule has 0 fully saturated rings. The number of rotatable bonds is 0. The van der Waals surface area contributed by atoms with Gasteiger partial charge in [-0.2, -0.15) is 0 Å². The summed E-state index contributed by atoms with van der Waals surface area (Å²) in [7, 11) is 2.12. The first-order chi connectivity index (χ1) is 4.86. The zero-order valence-corrected chi connectivity index (χ0v) is 6.12. The van der Waals surface area contributed by atoms with Crippen molar-refractivity contribution in [3.63, 3.8) is 0 Å². The Hall–Kier alpha value is -0.830. The van der Waals surface area contributed by atoms with Gasteiger partial charge in [-0.05, 0) is 7.05 Å². The molecule has 0 spiro atoms. The van der Waals surface area contributed by atoms with Gasteiger partial charge in [-0.15, -0.1) is 0 Å². The van der Waals surface area contributed by atoms with Gasteiger partial charge in [-0.3, -0.25) is 4.90 Å². The second-order valence-corrected chi connectivity index (χ2v) is 2.77. The Morgan fingerprint density at radius 1 is 1.50 bits per heavy atom. The van der Waals surface area contributed by atoms with Gasteiger partial charge in [0.05, 0.1) is 6.54 Å². The third kappa shape index (κ3) is 0.827. The maximum Gasteiger partial charge on any atom is 0.122 e. The molecule has 10 heavy (non-hydrogen) atoms. The van der Waals surface area contributed by atoms with Gasteiger partial charge in [0.2, 0.25) is 0 Å². The summed E-state index contributed by atoms with van der Waals surface area (Å²) >= 11 is 0. The SMILES string of the molecule is CN1CCn2ccnc2C1. The molecule has 1 aliphatic heterocycles. The van der Waals surface area contributed by atoms with E-state index in [4.69, 9.17) is 0 Å². The van der Waals surface area contributed by atoms with E-state index in [2.05, 4.69) is 21.5 Å². The maximum absolute atomic E-state index is 4.23. The summed E-state index contributed by atoms with van der Waals surface area (Å²) < 4.78 is 2.21. The lowest BCUT2D eigenvalue weighted by Crippen LogP contribution is -2.30. The van der Waals surface area contributed by atoms with Crippen LogP contribution >= 0.6 is 0 Å². The highest BCUT2D eigenvalue weighted by Crippen LogP contribution is 2.06. The van der Waals surface area contributed by atoms with E-state index in [1.54, 1.807) is 0 Å². The zero-order chi connectivity index (χ0) is 6.97. The first kappa shape index (κ1) is 5.92. The molecule has 1 aliphatic rings. The number of fused-ring (bicyclic) bond motifs is 1. The van der Waals surface area contributed by atoms with E-state index in [1.807, 2.05) is 12.4 Å². The van der Waals surface area contributed by atoms with Crippen LogP contribution in [0.1, 0.15) is 5.82 Å². The van der Waals surface area contributed by atoms with Crippen molar-refractivity contribution in [3.8, 4) is 0 Å². The molecule has 1 aromatic rings. The van der Waals surface area contributed by atoms with E-state index >= 15 is 0 Å². The van der Waals surface area contributed by atoms with Crippen molar-refractivity contribution in [3.05, 3.63) is 18.2 Å². The summed E-state index contributed by atoms with van der Waals surface area (Å²) in [5, 5.41) is 0. The molecule has 54 valence electrons. The van der Waals surface area contributed by atoms with Gasteiger partial charge in [0, 0.05) is 25.5 Å². The van der Waals surface area contributed by atoms with Gasteiger partial charge < -0.3 is 4.57 Å². The molecule has 0 bridgehead atoms. The van der Waals surface area contributed by atoms with Crippen LogP contribution in [0, 0.1) is 0 Å². The zero-order valence-electron chi connectivity index (χ0n) is 6.12. The minimum absolute atomic E-state index is 0.993. The number of nitrogens with zero attached hydrogens (tertiary/aromatic N) is 3. The number of hydrogen-bond donors (Lipinski definition) is 0. The standard InChI is InChI=1S/C7H11N3/c1-9-4-5-10-3-2-8-7(10)6-9/h2-3H,4-6H2,1H3. The molecule has 0 unspecified atom stereocenters. The van der Waals surface area contributed by atoms with Crippen molar-refractivity contribution in [2.24, 2.45) is 0 Å². The van der Waals surface area contributed by atoms with E-state index in [1.165, 1.54) is 5.82 Å². The van der Waals surface area contributed by atoms with Gasteiger partial charge in [0.25, 0.3) is 0 Å². The van der Waals surface area contributed by atoms with Crippen LogP contribution in [0.5, 0.6) is 0 Å². The molecular weight excluding hydrogens is 126 g/mol. The summed E-state index contributed by atoms with van der Waals surface area (Å²) in [5.41, 5.74) is 0. The molecule has 0 aromatic carbocycles. The number of hydrogen-bond acceptors (Lipinski definition) is 2. The van der Waals surface area contributed by atoms with E-state index in [9.17, 15) is 0 Å². The van der Waals surface area contributed by atoms with Gasteiger partial charge in [0.1, 0.15) is 5.82 Å². The third-order valence-corrected chi connectivity index (χ3v) is 1.94. The Labute approximate surface area is 60.3 Å². The smallest absolute Gasteiger partial charge is 0.122 e. The Bertz CT molecular complexity index is 229. The summed E-state index contributed by atoms with van der Waals surface area (Å²) in [6.45, 7) is 3.22. The molecule has 0 saturated heterocycles. The molecular formula is C7H11N3. The highest BCUT2D eigenvalue weighted by atomic mass is 15.2. The van der Waals surface area contributed by atoms with Crippen LogP contribution in [-0.2, 0) is 13.1 Å². The third-order valence-electron chi connectivity index (χ3n) is 1.94. The molecule has 0 aliphatic carbocycles. The molecule has 0 N–H and O–H groups in total. The fourth-order valence-electron chi connectivity index (χ4n) is 1.29. The average Bonchev–Trinajstić information content (AvgIpc) is 2.33. The van der Waals surface area contributed by atoms with Crippen LogP contribution in [0.15, 0.2) is 12.4 Å². The van der Waals surface area contributed by atoms with Crippen LogP contribution in [0.4, 0.5) is 0 Å². The average molecular weight is 137 g/mol. The van der Waals surface area contributed by atoms with E-state index in [0.717, 1.165) is 19.6 Å². The van der Waals surface area contributed by atoms with Crippen molar-refractivity contribution in [2.45, 2.75) is 13.1 Å². The molecule has 0 atom stereocenters. The van der Waals surface area contributed by atoms with Gasteiger partial charge in [-0.25, -0.2) is 4.98 Å².